The minimum absolute atomic E-state index is 0.0881. The molecular formula is C36H41N3O5Si. The third-order valence-electron chi connectivity index (χ3n) is 8.22. The summed E-state index contributed by atoms with van der Waals surface area (Å²) in [6, 6.07) is 38.9. The molecule has 234 valence electrons. The van der Waals surface area contributed by atoms with Gasteiger partial charge in [0, 0.05) is 4.91 Å². The van der Waals surface area contributed by atoms with Crippen LogP contribution in [0.25, 0.3) is 10.4 Å². The molecule has 8 nitrogen and oxygen atoms in total. The van der Waals surface area contributed by atoms with Crippen LogP contribution in [0.4, 0.5) is 0 Å². The lowest BCUT2D eigenvalue weighted by atomic mass is 9.97. The van der Waals surface area contributed by atoms with Gasteiger partial charge >= 0.3 is 0 Å². The van der Waals surface area contributed by atoms with Crippen molar-refractivity contribution in [1.82, 2.24) is 0 Å². The smallest absolute Gasteiger partial charge is 0.264 e. The molecule has 9 heteroatoms. The van der Waals surface area contributed by atoms with Gasteiger partial charge in [-0.2, -0.15) is 0 Å². The molecule has 0 saturated carbocycles. The van der Waals surface area contributed by atoms with Crippen molar-refractivity contribution in [2.45, 2.75) is 69.7 Å². The highest BCUT2D eigenvalue weighted by Gasteiger charge is 2.55. The highest BCUT2D eigenvalue weighted by molar-refractivity contribution is 6.99. The fourth-order valence-electron chi connectivity index (χ4n) is 6.01. The lowest BCUT2D eigenvalue weighted by molar-refractivity contribution is -0.256. The molecular weight excluding hydrogens is 582 g/mol. The molecule has 1 N–H and O–H groups in total. The Morgan fingerprint density at radius 1 is 0.778 bits per heavy atom. The molecule has 0 aliphatic carbocycles. The first-order chi connectivity index (χ1) is 21.8. The molecule has 5 atom stereocenters. The molecule has 0 radical (unpaired) electrons. The fraction of sp³-hybridized carbons (Fsp3) is 0.333. The lowest BCUT2D eigenvalue weighted by Crippen LogP contribution is -2.71. The van der Waals surface area contributed by atoms with Crippen LogP contribution in [0.1, 0.15) is 31.9 Å². The fourth-order valence-corrected chi connectivity index (χ4v) is 10.6. The topological polar surface area (TPSA) is 106 Å². The first-order valence-corrected chi connectivity index (χ1v) is 17.2. The van der Waals surface area contributed by atoms with E-state index in [1.165, 1.54) is 0 Å². The number of nitrogens with zero attached hydrogens (tertiary/aromatic N) is 3. The van der Waals surface area contributed by atoms with Gasteiger partial charge in [0.15, 0.2) is 6.29 Å². The Kier molecular flexibility index (Phi) is 10.9. The van der Waals surface area contributed by atoms with Crippen LogP contribution in [-0.2, 0) is 31.9 Å². The molecule has 0 spiro atoms. The summed E-state index contributed by atoms with van der Waals surface area (Å²) < 4.78 is 26.3. The number of benzene rings is 4. The van der Waals surface area contributed by atoms with Gasteiger partial charge in [-0.3, -0.25) is 0 Å². The summed E-state index contributed by atoms with van der Waals surface area (Å²) in [6.07, 6.45) is -3.88. The number of hydrogen-bond acceptors (Lipinski definition) is 6. The van der Waals surface area contributed by atoms with Gasteiger partial charge in [-0.1, -0.05) is 147 Å². The molecule has 45 heavy (non-hydrogen) atoms. The minimum Gasteiger partial charge on any atom is -0.388 e. The Labute approximate surface area is 266 Å². The highest BCUT2D eigenvalue weighted by Crippen LogP contribution is 2.40. The van der Waals surface area contributed by atoms with Gasteiger partial charge in [0.05, 0.1) is 25.9 Å². The van der Waals surface area contributed by atoms with Gasteiger partial charge < -0.3 is 23.7 Å². The summed E-state index contributed by atoms with van der Waals surface area (Å²) in [5.74, 6) is 0. The average molecular weight is 624 g/mol. The van der Waals surface area contributed by atoms with Crippen molar-refractivity contribution >= 4 is 18.7 Å². The monoisotopic (exact) mass is 623 g/mol. The van der Waals surface area contributed by atoms with Crippen LogP contribution in [0, 0.1) is 0 Å². The van der Waals surface area contributed by atoms with Crippen LogP contribution >= 0.6 is 0 Å². The third kappa shape index (κ3) is 7.54. The SMILES string of the molecule is CC(C)(C)[Si](O[C@@H]1O[C@H](COCc2ccccc2)[C@@H](O)[C@H](OCc2ccccc2)[C@H]1N=[N+]=[N-])(c1ccccc1)c1ccccc1. The van der Waals surface area contributed by atoms with E-state index in [4.69, 9.17) is 18.6 Å². The molecule has 0 amide bonds. The normalized spacial score (nSPS) is 22.0. The largest absolute Gasteiger partial charge is 0.388 e. The molecule has 5 rings (SSSR count). The maximum atomic E-state index is 11.7. The summed E-state index contributed by atoms with van der Waals surface area (Å²) in [5.41, 5.74) is 11.7. The molecule has 4 aromatic carbocycles. The summed E-state index contributed by atoms with van der Waals surface area (Å²) in [5, 5.41) is 17.5. The van der Waals surface area contributed by atoms with Crippen LogP contribution < -0.4 is 10.4 Å². The van der Waals surface area contributed by atoms with Crippen LogP contribution in [-0.4, -0.2) is 50.7 Å². The Balaban J connectivity index is 1.54. The van der Waals surface area contributed by atoms with E-state index in [0.29, 0.717) is 6.61 Å². The lowest BCUT2D eigenvalue weighted by Gasteiger charge is -2.49. The summed E-state index contributed by atoms with van der Waals surface area (Å²) >= 11 is 0. The first kappa shape index (κ1) is 32.6. The van der Waals surface area contributed by atoms with Crippen LogP contribution in [0.2, 0.25) is 5.04 Å². The van der Waals surface area contributed by atoms with E-state index < -0.39 is 39.0 Å². The van der Waals surface area contributed by atoms with Crippen LogP contribution in [0.5, 0.6) is 0 Å². The van der Waals surface area contributed by atoms with Crippen molar-refractivity contribution in [3.63, 3.8) is 0 Å². The maximum absolute atomic E-state index is 11.7. The van der Waals surface area contributed by atoms with Crippen molar-refractivity contribution in [1.29, 1.82) is 0 Å². The Morgan fingerprint density at radius 3 is 1.76 bits per heavy atom. The van der Waals surface area contributed by atoms with Gasteiger partial charge in [0.1, 0.15) is 18.2 Å². The van der Waals surface area contributed by atoms with Gasteiger partial charge in [0.2, 0.25) is 0 Å². The number of hydrogen-bond donors (Lipinski definition) is 1. The van der Waals surface area contributed by atoms with Gasteiger partial charge in [-0.05, 0) is 32.1 Å². The van der Waals surface area contributed by atoms with E-state index >= 15 is 0 Å². The zero-order chi connectivity index (χ0) is 31.7. The number of aliphatic hydroxyl groups is 1. The minimum atomic E-state index is -3.15. The van der Waals surface area contributed by atoms with Gasteiger partial charge in [-0.25, -0.2) is 0 Å². The quantitative estimate of drug-likeness (QED) is 0.0885. The Hall–Kier alpha value is -3.79. The molecule has 1 aliphatic heterocycles. The maximum Gasteiger partial charge on any atom is 0.264 e. The van der Waals surface area contributed by atoms with Crippen molar-refractivity contribution in [2.75, 3.05) is 6.61 Å². The number of rotatable bonds is 12. The zero-order valence-electron chi connectivity index (χ0n) is 26.0. The molecule has 0 aromatic heterocycles. The van der Waals surface area contributed by atoms with E-state index in [1.807, 2.05) is 97.1 Å². The Morgan fingerprint density at radius 2 is 1.27 bits per heavy atom. The van der Waals surface area contributed by atoms with Crippen molar-refractivity contribution < 1.29 is 23.7 Å². The zero-order valence-corrected chi connectivity index (χ0v) is 27.0. The van der Waals surface area contributed by atoms with Crippen LogP contribution in [0.3, 0.4) is 0 Å². The van der Waals surface area contributed by atoms with E-state index in [1.54, 1.807) is 0 Å². The molecule has 0 bridgehead atoms. The third-order valence-corrected chi connectivity index (χ3v) is 13.2. The van der Waals surface area contributed by atoms with Crippen LogP contribution in [0.15, 0.2) is 126 Å². The van der Waals surface area contributed by atoms with E-state index in [-0.39, 0.29) is 18.3 Å². The second-order valence-electron chi connectivity index (χ2n) is 12.3. The van der Waals surface area contributed by atoms with E-state index in [0.717, 1.165) is 21.5 Å². The van der Waals surface area contributed by atoms with Gasteiger partial charge in [0.25, 0.3) is 8.32 Å². The number of azide groups is 1. The second kappa shape index (κ2) is 15.0. The first-order valence-electron chi connectivity index (χ1n) is 15.3. The predicted molar refractivity (Wildman–Crippen MR) is 177 cm³/mol. The molecule has 1 aliphatic rings. The molecule has 0 unspecified atom stereocenters. The molecule has 4 aromatic rings. The van der Waals surface area contributed by atoms with E-state index in [9.17, 15) is 10.6 Å². The standard InChI is InChI=1S/C36H41N3O5Si/c1-36(2,3)45(29-20-12-6-13-21-29,30-22-14-7-15-23-30)44-35-32(38-39-37)34(42-25-28-18-10-5-11-19-28)33(40)31(43-35)26-41-24-27-16-8-4-9-17-27/h4-23,31-35,40H,24-26H2,1-3H3/t31-,32-,33-,34-,35+/m1/s1. The summed E-state index contributed by atoms with van der Waals surface area (Å²) in [6.45, 7) is 7.16. The Bertz CT molecular complexity index is 1480. The van der Waals surface area contributed by atoms with Crippen molar-refractivity contribution in [3.05, 3.63) is 143 Å². The summed E-state index contributed by atoms with van der Waals surface area (Å²) in [7, 11) is -3.15. The highest BCUT2D eigenvalue weighted by atomic mass is 28.4. The second-order valence-corrected chi connectivity index (χ2v) is 16.5. The van der Waals surface area contributed by atoms with E-state index in [2.05, 4.69) is 55.1 Å². The number of ether oxygens (including phenoxy) is 3. The summed E-state index contributed by atoms with van der Waals surface area (Å²) in [4.78, 5) is 3.17. The van der Waals surface area contributed by atoms with Crippen molar-refractivity contribution in [2.24, 2.45) is 5.11 Å². The molecule has 1 heterocycles. The number of aliphatic hydroxyl groups excluding tert-OH is 1. The molecule has 1 fully saturated rings. The average Bonchev–Trinajstić information content (AvgIpc) is 3.06. The van der Waals surface area contributed by atoms with Gasteiger partial charge in [-0.15, -0.1) is 0 Å². The molecule has 1 saturated heterocycles. The van der Waals surface area contributed by atoms with Crippen molar-refractivity contribution in [3.8, 4) is 0 Å². The predicted octanol–water partition coefficient (Wildman–Crippen LogP) is 6.13.